The number of urea groups is 1. The summed E-state index contributed by atoms with van der Waals surface area (Å²) >= 11 is 2.13. The van der Waals surface area contributed by atoms with E-state index in [9.17, 15) is 19.1 Å². The number of nitrogens with one attached hydrogen (secondary N) is 3. The zero-order valence-corrected chi connectivity index (χ0v) is 26.4. The minimum absolute atomic E-state index is 0.109. The first kappa shape index (κ1) is 32.5. The highest BCUT2D eigenvalue weighted by atomic mass is 127. The number of nitrogens with zero attached hydrogens (tertiary/aromatic N) is 1. The summed E-state index contributed by atoms with van der Waals surface area (Å²) < 4.78 is 36.8. The van der Waals surface area contributed by atoms with Crippen molar-refractivity contribution in [3.63, 3.8) is 0 Å². The van der Waals surface area contributed by atoms with E-state index in [1.165, 1.54) is 19.4 Å². The van der Waals surface area contributed by atoms with Gasteiger partial charge in [0, 0.05) is 11.3 Å². The third kappa shape index (κ3) is 8.38. The minimum Gasteiger partial charge on any atom is -0.490 e. The lowest BCUT2D eigenvalue weighted by molar-refractivity contribution is -0.136. The zero-order valence-electron chi connectivity index (χ0n) is 24.2. The summed E-state index contributed by atoms with van der Waals surface area (Å²) in [6.45, 7) is 3.70. The van der Waals surface area contributed by atoms with Gasteiger partial charge in [0.2, 0.25) is 0 Å². The number of carbonyl (C=O) groups excluding carboxylic acids is 2. The number of hydrogen-bond donors (Lipinski definition) is 4. The van der Waals surface area contributed by atoms with Gasteiger partial charge in [0.25, 0.3) is 0 Å². The van der Waals surface area contributed by atoms with Crippen LogP contribution >= 0.6 is 22.6 Å². The van der Waals surface area contributed by atoms with Crippen LogP contribution < -0.4 is 30.3 Å². The van der Waals surface area contributed by atoms with Gasteiger partial charge in [-0.25, -0.2) is 14.0 Å². The van der Waals surface area contributed by atoms with E-state index < -0.39 is 24.3 Å². The summed E-state index contributed by atoms with van der Waals surface area (Å²) in [6.07, 6.45) is 0.386. The fourth-order valence-corrected chi connectivity index (χ4v) is 5.00. The average molecular weight is 719 g/mol. The first-order valence-corrected chi connectivity index (χ1v) is 14.7. The summed E-state index contributed by atoms with van der Waals surface area (Å²) in [5.74, 6) is 0.425. The predicted octanol–water partition coefficient (Wildman–Crippen LogP) is 4.53. The van der Waals surface area contributed by atoms with Gasteiger partial charge in [0.15, 0.2) is 17.7 Å². The Bertz CT molecular complexity index is 1570. The molecule has 1 aliphatic heterocycles. The van der Waals surface area contributed by atoms with Gasteiger partial charge in [0.05, 0.1) is 35.1 Å². The Morgan fingerprint density at radius 3 is 2.61 bits per heavy atom. The van der Waals surface area contributed by atoms with Crippen LogP contribution in [0.15, 0.2) is 77.0 Å². The van der Waals surface area contributed by atoms with Gasteiger partial charge in [-0.2, -0.15) is 5.10 Å². The van der Waals surface area contributed by atoms with E-state index in [0.717, 1.165) is 9.13 Å². The summed E-state index contributed by atoms with van der Waals surface area (Å²) in [5.41, 5.74) is 5.06. The summed E-state index contributed by atoms with van der Waals surface area (Å²) in [5, 5.41) is 19.8. The lowest BCUT2D eigenvalue weighted by Gasteiger charge is -2.28. The molecular weight excluding hydrogens is 686 g/mol. The first-order chi connectivity index (χ1) is 21.2. The highest BCUT2D eigenvalue weighted by Crippen LogP contribution is 2.35. The van der Waals surface area contributed by atoms with Crippen molar-refractivity contribution in [3.8, 4) is 17.2 Å². The number of carbonyl (C=O) groups is 2. The van der Waals surface area contributed by atoms with E-state index >= 15 is 0 Å². The third-order valence-electron chi connectivity index (χ3n) is 6.41. The number of hydrogen-bond acceptors (Lipinski definition) is 9. The standard InChI is InChI=1S/C31H32FIN4O7/c1-4-42-26-14-20(29-28(30(39)41-3)18(2)35-31(40)36-29)10-12-25(26)44-17-27(38)37-34-15-19-9-11-24(23(33)13-19)43-16-21-7-5-6-8-22(21)32/h5-15,27,29,37-38H,4,16-17H2,1-3H3,(H2,35,36,40)/b34-15-/t27-,29-/m0/s1. The monoisotopic (exact) mass is 718 g/mol. The van der Waals surface area contributed by atoms with Crippen molar-refractivity contribution in [1.29, 1.82) is 0 Å². The Morgan fingerprint density at radius 1 is 1.11 bits per heavy atom. The highest BCUT2D eigenvalue weighted by molar-refractivity contribution is 14.1. The number of methoxy groups -OCH3 is 1. The van der Waals surface area contributed by atoms with Crippen molar-refractivity contribution in [2.24, 2.45) is 5.10 Å². The molecule has 3 aromatic rings. The molecule has 0 fully saturated rings. The number of aliphatic hydroxyl groups excluding tert-OH is 1. The Hall–Kier alpha value is -4.37. The summed E-state index contributed by atoms with van der Waals surface area (Å²) in [4.78, 5) is 24.6. The number of allylic oxidation sites excluding steroid dienone is 1. The van der Waals surface area contributed by atoms with E-state index in [4.69, 9.17) is 18.9 Å². The second-order valence-corrected chi connectivity index (χ2v) is 10.6. The maximum absolute atomic E-state index is 13.9. The fraction of sp³-hybridized carbons (Fsp3) is 0.258. The van der Waals surface area contributed by atoms with Crippen molar-refractivity contribution in [3.05, 3.63) is 98.0 Å². The number of aliphatic hydroxyl groups is 1. The molecule has 0 unspecified atom stereocenters. The van der Waals surface area contributed by atoms with Crippen LogP contribution in [-0.2, 0) is 16.1 Å². The van der Waals surface area contributed by atoms with Crippen molar-refractivity contribution < 1.29 is 38.0 Å². The predicted molar refractivity (Wildman–Crippen MR) is 169 cm³/mol. The SMILES string of the molecule is CCOc1cc([C@@H]2NC(=O)NC(C)=C2C(=O)OC)ccc1OC[C@H](O)N/N=C\c1ccc(OCc2ccccc2F)c(I)c1. The van der Waals surface area contributed by atoms with Crippen LogP contribution in [0.4, 0.5) is 9.18 Å². The molecule has 11 nitrogen and oxygen atoms in total. The summed E-state index contributed by atoms with van der Waals surface area (Å²) in [6, 6.07) is 15.6. The Kier molecular flexibility index (Phi) is 11.4. The molecule has 4 rings (SSSR count). The van der Waals surface area contributed by atoms with E-state index in [2.05, 4.69) is 43.8 Å². The molecule has 1 aliphatic rings. The van der Waals surface area contributed by atoms with Gasteiger partial charge in [-0.15, -0.1) is 0 Å². The lowest BCUT2D eigenvalue weighted by Crippen LogP contribution is -2.45. The van der Waals surface area contributed by atoms with Crippen LogP contribution in [0.2, 0.25) is 0 Å². The van der Waals surface area contributed by atoms with Crippen LogP contribution in [0.5, 0.6) is 17.2 Å². The number of esters is 1. The number of benzene rings is 3. The maximum atomic E-state index is 13.9. The van der Waals surface area contributed by atoms with Gasteiger partial charge >= 0.3 is 12.0 Å². The Morgan fingerprint density at radius 2 is 1.89 bits per heavy atom. The molecule has 0 saturated carbocycles. The van der Waals surface area contributed by atoms with Crippen LogP contribution in [0.3, 0.4) is 0 Å². The molecule has 3 aromatic carbocycles. The molecule has 0 aliphatic carbocycles. The van der Waals surface area contributed by atoms with Crippen LogP contribution in [0.1, 0.15) is 36.6 Å². The Balaban J connectivity index is 1.35. The van der Waals surface area contributed by atoms with Gasteiger partial charge in [0.1, 0.15) is 24.8 Å². The van der Waals surface area contributed by atoms with Gasteiger partial charge < -0.3 is 34.7 Å². The normalized spacial score (nSPS) is 15.3. The van der Waals surface area contributed by atoms with Gasteiger partial charge in [-0.05, 0) is 84.0 Å². The molecule has 13 heteroatoms. The molecule has 2 atom stereocenters. The minimum atomic E-state index is -1.15. The Labute approximate surface area is 267 Å². The number of hydrazone groups is 1. The topological polar surface area (TPSA) is 140 Å². The molecular formula is C31H32FIN4O7. The third-order valence-corrected chi connectivity index (χ3v) is 7.25. The average Bonchev–Trinajstić information content (AvgIpc) is 3.00. The molecule has 1 heterocycles. The maximum Gasteiger partial charge on any atom is 0.337 e. The van der Waals surface area contributed by atoms with E-state index in [0.29, 0.717) is 40.7 Å². The van der Waals surface area contributed by atoms with Crippen LogP contribution in [0, 0.1) is 9.39 Å². The molecule has 0 radical (unpaired) electrons. The largest absolute Gasteiger partial charge is 0.490 e. The fourth-order valence-electron chi connectivity index (χ4n) is 4.31. The van der Waals surface area contributed by atoms with Crippen molar-refractivity contribution in [2.75, 3.05) is 20.3 Å². The summed E-state index contributed by atoms with van der Waals surface area (Å²) in [7, 11) is 1.27. The molecule has 0 aromatic heterocycles. The quantitative estimate of drug-likeness (QED) is 0.0665. The van der Waals surface area contributed by atoms with E-state index in [-0.39, 0.29) is 24.6 Å². The highest BCUT2D eigenvalue weighted by Gasteiger charge is 2.32. The van der Waals surface area contributed by atoms with Crippen molar-refractivity contribution in [2.45, 2.75) is 32.7 Å². The van der Waals surface area contributed by atoms with Gasteiger partial charge in [-0.1, -0.05) is 24.3 Å². The van der Waals surface area contributed by atoms with E-state index in [1.54, 1.807) is 62.4 Å². The van der Waals surface area contributed by atoms with Crippen molar-refractivity contribution in [1.82, 2.24) is 16.1 Å². The van der Waals surface area contributed by atoms with Crippen LogP contribution in [-0.4, -0.2) is 49.9 Å². The van der Waals surface area contributed by atoms with Crippen LogP contribution in [0.25, 0.3) is 0 Å². The molecule has 0 saturated heterocycles. The second kappa shape index (κ2) is 15.4. The molecule has 44 heavy (non-hydrogen) atoms. The second-order valence-electron chi connectivity index (χ2n) is 9.48. The van der Waals surface area contributed by atoms with Gasteiger partial charge in [-0.3, -0.25) is 5.43 Å². The lowest BCUT2D eigenvalue weighted by atomic mass is 9.95. The first-order valence-electron chi connectivity index (χ1n) is 13.6. The van der Waals surface area contributed by atoms with Crippen molar-refractivity contribution >= 4 is 40.8 Å². The molecule has 4 N–H and O–H groups in total. The molecule has 0 spiro atoms. The number of amides is 2. The smallest absolute Gasteiger partial charge is 0.337 e. The molecule has 2 amide bonds. The van der Waals surface area contributed by atoms with E-state index in [1.807, 2.05) is 6.07 Å². The zero-order chi connectivity index (χ0) is 31.6. The molecule has 232 valence electrons. The number of rotatable bonds is 13. The number of halogens is 2. The number of ether oxygens (including phenoxy) is 4. The molecule has 0 bridgehead atoms.